The van der Waals surface area contributed by atoms with Crippen LogP contribution in [0.1, 0.15) is 28.9 Å². The molecule has 0 aromatic carbocycles. The molecule has 1 aliphatic rings. The lowest BCUT2D eigenvalue weighted by Crippen LogP contribution is -2.38. The maximum atomic E-state index is 13.1. The van der Waals surface area contributed by atoms with Crippen molar-refractivity contribution in [3.05, 3.63) is 48.3 Å². The summed E-state index contributed by atoms with van der Waals surface area (Å²) in [5.74, 6) is -0.418. The Bertz CT molecular complexity index is 1410. The van der Waals surface area contributed by atoms with Crippen molar-refractivity contribution >= 4 is 39.4 Å². The summed E-state index contributed by atoms with van der Waals surface area (Å²) in [5, 5.41) is 14.4. The number of rotatable bonds is 8. The summed E-state index contributed by atoms with van der Waals surface area (Å²) in [5.41, 5.74) is 3.12. The summed E-state index contributed by atoms with van der Waals surface area (Å²) in [6.45, 7) is 3.58. The molecule has 1 fully saturated rings. The molecule has 4 aromatic heterocycles. The molecule has 36 heavy (non-hydrogen) atoms. The van der Waals surface area contributed by atoms with Crippen molar-refractivity contribution in [2.24, 2.45) is 7.05 Å². The van der Waals surface area contributed by atoms with Crippen molar-refractivity contribution in [1.82, 2.24) is 29.3 Å². The molecule has 0 radical (unpaired) electrons. The molecule has 188 valence electrons. The van der Waals surface area contributed by atoms with Crippen molar-refractivity contribution in [3.63, 3.8) is 0 Å². The van der Waals surface area contributed by atoms with Gasteiger partial charge in [-0.25, -0.2) is 4.52 Å². The Hall–Kier alpha value is -3.61. The van der Waals surface area contributed by atoms with Crippen molar-refractivity contribution in [1.29, 1.82) is 0 Å². The number of carbonyl (C=O) groups is 2. The number of hydrogen-bond donors (Lipinski definition) is 2. The van der Waals surface area contributed by atoms with E-state index in [2.05, 4.69) is 30.7 Å². The Morgan fingerprint density at radius 3 is 2.83 bits per heavy atom. The zero-order valence-corrected chi connectivity index (χ0v) is 21.2. The van der Waals surface area contributed by atoms with E-state index < -0.39 is 0 Å². The monoisotopic (exact) mass is 508 g/mol. The number of fused-ring (bicyclic) bond motifs is 1. The predicted octanol–water partition coefficient (Wildman–Crippen LogP) is 2.80. The third-order valence-corrected chi connectivity index (χ3v) is 7.41. The normalized spacial score (nSPS) is 16.0. The first-order valence-corrected chi connectivity index (χ1v) is 12.5. The number of ether oxygens (including phenoxy) is 1. The van der Waals surface area contributed by atoms with Crippen LogP contribution in [0.4, 0.5) is 11.4 Å². The van der Waals surface area contributed by atoms with Crippen molar-refractivity contribution in [2.45, 2.75) is 25.8 Å². The second-order valence-corrected chi connectivity index (χ2v) is 9.92. The Morgan fingerprint density at radius 1 is 1.19 bits per heavy atom. The van der Waals surface area contributed by atoms with Crippen LogP contribution in [-0.2, 0) is 16.6 Å². The van der Waals surface area contributed by atoms with Crippen molar-refractivity contribution < 1.29 is 14.3 Å². The average Bonchev–Trinajstić information content (AvgIpc) is 3.61. The van der Waals surface area contributed by atoms with E-state index in [0.29, 0.717) is 29.2 Å². The number of likely N-dealkylation sites (tertiary alicyclic amines) is 1. The van der Waals surface area contributed by atoms with Crippen LogP contribution >= 0.6 is 11.3 Å². The molecular weight excluding hydrogens is 480 g/mol. The van der Waals surface area contributed by atoms with Gasteiger partial charge in [-0.3, -0.25) is 24.2 Å². The van der Waals surface area contributed by atoms with Gasteiger partial charge in [0, 0.05) is 38.2 Å². The Kier molecular flexibility index (Phi) is 6.81. The number of pyridine rings is 1. The molecule has 1 saturated heterocycles. The van der Waals surface area contributed by atoms with E-state index in [1.807, 2.05) is 19.4 Å². The number of aromatic nitrogens is 5. The molecule has 0 aliphatic carbocycles. The van der Waals surface area contributed by atoms with Crippen molar-refractivity contribution in [2.75, 3.05) is 37.4 Å². The summed E-state index contributed by atoms with van der Waals surface area (Å²) in [7, 11) is 3.54. The topological polar surface area (TPSA) is 119 Å². The summed E-state index contributed by atoms with van der Waals surface area (Å²) in [4.78, 5) is 34.0. The Morgan fingerprint density at radius 2 is 2.06 bits per heavy atom. The molecule has 12 heteroatoms. The van der Waals surface area contributed by atoms with E-state index >= 15 is 0 Å². The number of nitrogens with zero attached hydrogens (tertiary/aromatic N) is 6. The van der Waals surface area contributed by atoms with Crippen LogP contribution in [0.5, 0.6) is 0 Å². The highest BCUT2D eigenvalue weighted by Crippen LogP contribution is 2.30. The van der Waals surface area contributed by atoms with Crippen LogP contribution in [-0.4, -0.2) is 73.9 Å². The number of amides is 2. The smallest absolute Gasteiger partial charge is 0.260 e. The van der Waals surface area contributed by atoms with Crippen LogP contribution in [0.15, 0.2) is 37.1 Å². The number of aryl methyl sites for hydroxylation is 2. The van der Waals surface area contributed by atoms with Gasteiger partial charge in [0.1, 0.15) is 4.83 Å². The van der Waals surface area contributed by atoms with Gasteiger partial charge in [-0.05, 0) is 32.4 Å². The third kappa shape index (κ3) is 5.01. The molecule has 1 unspecified atom stereocenters. The minimum Gasteiger partial charge on any atom is -0.383 e. The van der Waals surface area contributed by atoms with E-state index in [4.69, 9.17) is 4.74 Å². The maximum absolute atomic E-state index is 13.1. The largest absolute Gasteiger partial charge is 0.383 e. The standard InChI is InChI=1S/C24H28N8O3S/c1-15-20(7-17(9-25-15)28-22(33)13-31-6-4-5-18(31)14-35-3)29-23(34)19-10-27-32-12-21(36-24(19)32)16-8-26-30(2)11-16/h7-12,18H,4-6,13-14H2,1-3H3,(H,28,33)(H,29,34). The number of anilines is 2. The van der Waals surface area contributed by atoms with Gasteiger partial charge in [0.25, 0.3) is 5.91 Å². The van der Waals surface area contributed by atoms with Gasteiger partial charge in [-0.15, -0.1) is 11.3 Å². The lowest BCUT2D eigenvalue weighted by Gasteiger charge is -2.23. The van der Waals surface area contributed by atoms with E-state index in [1.54, 1.807) is 47.9 Å². The van der Waals surface area contributed by atoms with E-state index in [0.717, 1.165) is 34.7 Å². The molecule has 0 spiro atoms. The molecule has 5 rings (SSSR count). The van der Waals surface area contributed by atoms with Crippen LogP contribution in [0.25, 0.3) is 15.3 Å². The van der Waals surface area contributed by atoms with Crippen LogP contribution in [0, 0.1) is 6.92 Å². The van der Waals surface area contributed by atoms with E-state index in [-0.39, 0.29) is 24.4 Å². The first kappa shape index (κ1) is 24.1. The summed E-state index contributed by atoms with van der Waals surface area (Å²) in [6.07, 6.45) is 10.8. The fraction of sp³-hybridized carbons (Fsp3) is 0.375. The zero-order valence-electron chi connectivity index (χ0n) is 20.4. The summed E-state index contributed by atoms with van der Waals surface area (Å²) >= 11 is 1.47. The first-order valence-electron chi connectivity index (χ1n) is 11.7. The molecule has 0 saturated carbocycles. The SMILES string of the molecule is COCC1CCCN1CC(=O)Nc1cnc(C)c(NC(=O)c2cnn3cc(-c4cnn(C)c4)sc23)c1. The van der Waals surface area contributed by atoms with Gasteiger partial charge in [0.05, 0.1) is 59.3 Å². The Labute approximate surface area is 212 Å². The average molecular weight is 509 g/mol. The van der Waals surface area contributed by atoms with Gasteiger partial charge in [-0.1, -0.05) is 0 Å². The number of thiazole rings is 1. The van der Waals surface area contributed by atoms with Gasteiger partial charge in [0.15, 0.2) is 0 Å². The quantitative estimate of drug-likeness (QED) is 0.376. The highest BCUT2D eigenvalue weighted by atomic mass is 32.1. The van der Waals surface area contributed by atoms with E-state index in [1.165, 1.54) is 11.3 Å². The molecular formula is C24H28N8O3S. The van der Waals surface area contributed by atoms with Crippen LogP contribution < -0.4 is 10.6 Å². The zero-order chi connectivity index (χ0) is 25.2. The minimum absolute atomic E-state index is 0.124. The third-order valence-electron chi connectivity index (χ3n) is 6.25. The number of carbonyl (C=O) groups excluding carboxylic acids is 2. The summed E-state index contributed by atoms with van der Waals surface area (Å²) < 4.78 is 8.70. The highest BCUT2D eigenvalue weighted by Gasteiger charge is 2.26. The fourth-order valence-electron chi connectivity index (χ4n) is 4.41. The number of methoxy groups -OCH3 is 1. The van der Waals surface area contributed by atoms with Crippen molar-refractivity contribution in [3.8, 4) is 10.4 Å². The lowest BCUT2D eigenvalue weighted by molar-refractivity contribution is -0.117. The molecule has 5 heterocycles. The molecule has 2 amide bonds. The molecule has 2 N–H and O–H groups in total. The lowest BCUT2D eigenvalue weighted by atomic mass is 10.2. The predicted molar refractivity (Wildman–Crippen MR) is 137 cm³/mol. The Balaban J connectivity index is 1.28. The molecule has 4 aromatic rings. The van der Waals surface area contributed by atoms with Gasteiger partial charge in [-0.2, -0.15) is 10.2 Å². The van der Waals surface area contributed by atoms with E-state index in [9.17, 15) is 9.59 Å². The second-order valence-electron chi connectivity index (χ2n) is 8.89. The maximum Gasteiger partial charge on any atom is 0.260 e. The summed E-state index contributed by atoms with van der Waals surface area (Å²) in [6, 6.07) is 1.99. The molecule has 1 aliphatic heterocycles. The van der Waals surface area contributed by atoms with Gasteiger partial charge in [0.2, 0.25) is 5.91 Å². The minimum atomic E-state index is -0.294. The number of hydrogen-bond acceptors (Lipinski definition) is 8. The molecule has 1 atom stereocenters. The fourth-order valence-corrected chi connectivity index (χ4v) is 5.44. The first-order chi connectivity index (χ1) is 17.4. The van der Waals surface area contributed by atoms with Gasteiger partial charge < -0.3 is 15.4 Å². The van der Waals surface area contributed by atoms with Gasteiger partial charge >= 0.3 is 0 Å². The van der Waals surface area contributed by atoms with Crippen LogP contribution in [0.3, 0.4) is 0 Å². The van der Waals surface area contributed by atoms with Crippen LogP contribution in [0.2, 0.25) is 0 Å². The second kappa shape index (κ2) is 10.2. The molecule has 11 nitrogen and oxygen atoms in total. The molecule has 0 bridgehead atoms. The highest BCUT2D eigenvalue weighted by molar-refractivity contribution is 7.21. The number of nitrogens with one attached hydrogen (secondary N) is 2.